The second-order valence-electron chi connectivity index (χ2n) is 4.51. The van der Waals surface area contributed by atoms with Gasteiger partial charge in [-0.2, -0.15) is 13.2 Å². The van der Waals surface area contributed by atoms with Gasteiger partial charge in [0.2, 0.25) is 0 Å². The molecule has 2 rings (SSSR count). The van der Waals surface area contributed by atoms with Gasteiger partial charge in [-0.25, -0.2) is 0 Å². The average Bonchev–Trinajstić information content (AvgIpc) is 2.86. The number of likely N-dealkylation sites (tertiary alicyclic amines) is 1. The quantitative estimate of drug-likeness (QED) is 0.829. The molecule has 1 unspecified atom stereocenters. The lowest BCUT2D eigenvalue weighted by molar-refractivity contribution is -0.184. The molecule has 1 atom stereocenters. The number of hydrogen-bond donors (Lipinski definition) is 0. The maximum absolute atomic E-state index is 12.3. The molecule has 19 heavy (non-hydrogen) atoms. The maximum atomic E-state index is 12.3. The Balaban J connectivity index is 2.03. The van der Waals surface area contributed by atoms with Crippen LogP contribution in [0.1, 0.15) is 17.9 Å². The molecule has 1 aliphatic rings. The third-order valence-electron chi connectivity index (χ3n) is 3.31. The number of ether oxygens (including phenoxy) is 1. The Morgan fingerprint density at radius 1 is 1.32 bits per heavy atom. The van der Waals surface area contributed by atoms with E-state index < -0.39 is 12.1 Å². The summed E-state index contributed by atoms with van der Waals surface area (Å²) in [4.78, 5) is 12.0. The van der Waals surface area contributed by atoms with Gasteiger partial charge in [-0.15, -0.1) is 0 Å². The number of halogens is 3. The van der Waals surface area contributed by atoms with E-state index in [1.165, 1.54) is 0 Å². The number of nitrogens with zero attached hydrogens (tertiary/aromatic N) is 1. The van der Waals surface area contributed by atoms with Crippen LogP contribution in [0.3, 0.4) is 0 Å². The molecule has 3 nitrogen and oxygen atoms in total. The van der Waals surface area contributed by atoms with Crippen LogP contribution in [0.5, 0.6) is 5.75 Å². The van der Waals surface area contributed by atoms with Gasteiger partial charge in [0, 0.05) is 19.0 Å². The molecular formula is C13H14F3NO2. The molecule has 6 heteroatoms. The number of methoxy groups -OCH3 is 1. The van der Waals surface area contributed by atoms with Crippen LogP contribution in [0, 0.1) is 0 Å². The first-order chi connectivity index (χ1) is 8.91. The second-order valence-corrected chi connectivity index (χ2v) is 4.51. The number of benzene rings is 1. The molecule has 1 aromatic rings. The molecular weight excluding hydrogens is 259 g/mol. The molecule has 1 heterocycles. The fourth-order valence-corrected chi connectivity index (χ4v) is 2.27. The van der Waals surface area contributed by atoms with Gasteiger partial charge in [-0.3, -0.25) is 4.79 Å². The average molecular weight is 273 g/mol. The van der Waals surface area contributed by atoms with Crippen molar-refractivity contribution in [1.29, 1.82) is 0 Å². The van der Waals surface area contributed by atoms with Gasteiger partial charge in [-0.1, -0.05) is 12.1 Å². The van der Waals surface area contributed by atoms with Crippen molar-refractivity contribution in [1.82, 2.24) is 4.90 Å². The Kier molecular flexibility index (Phi) is 3.68. The molecule has 1 aliphatic heterocycles. The van der Waals surface area contributed by atoms with E-state index in [9.17, 15) is 18.0 Å². The van der Waals surface area contributed by atoms with Gasteiger partial charge in [0.15, 0.2) is 0 Å². The largest absolute Gasteiger partial charge is 0.497 e. The summed E-state index contributed by atoms with van der Waals surface area (Å²) in [5.41, 5.74) is 0.929. The third kappa shape index (κ3) is 3.00. The van der Waals surface area contributed by atoms with E-state index in [1.807, 2.05) is 12.1 Å². The monoisotopic (exact) mass is 273 g/mol. The lowest BCUT2D eigenvalue weighted by atomic mass is 9.98. The zero-order valence-electron chi connectivity index (χ0n) is 10.4. The fourth-order valence-electron chi connectivity index (χ4n) is 2.27. The van der Waals surface area contributed by atoms with E-state index >= 15 is 0 Å². The van der Waals surface area contributed by atoms with Gasteiger partial charge in [0.05, 0.1) is 7.11 Å². The number of rotatable bonds is 2. The van der Waals surface area contributed by atoms with Crippen LogP contribution in [0.15, 0.2) is 24.3 Å². The Morgan fingerprint density at radius 2 is 1.95 bits per heavy atom. The van der Waals surface area contributed by atoms with Crippen LogP contribution < -0.4 is 4.74 Å². The van der Waals surface area contributed by atoms with Crippen molar-refractivity contribution in [2.75, 3.05) is 20.2 Å². The van der Waals surface area contributed by atoms with Gasteiger partial charge in [-0.05, 0) is 24.1 Å². The first-order valence-electron chi connectivity index (χ1n) is 5.92. The van der Waals surface area contributed by atoms with Gasteiger partial charge in [0.1, 0.15) is 5.75 Å². The minimum absolute atomic E-state index is 0.0443. The molecule has 0 bridgehead atoms. The summed E-state index contributed by atoms with van der Waals surface area (Å²) in [5, 5.41) is 0. The zero-order valence-corrected chi connectivity index (χ0v) is 10.4. The summed E-state index contributed by atoms with van der Waals surface area (Å²) < 4.78 is 42.0. The lowest BCUT2D eigenvalue weighted by Gasteiger charge is -2.18. The summed E-state index contributed by atoms with van der Waals surface area (Å²) in [7, 11) is 1.55. The van der Waals surface area contributed by atoms with E-state index in [0.717, 1.165) is 10.5 Å². The number of carbonyl (C=O) groups is 1. The van der Waals surface area contributed by atoms with Crippen LogP contribution in [0.25, 0.3) is 0 Å². The van der Waals surface area contributed by atoms with Crippen molar-refractivity contribution in [3.8, 4) is 5.75 Å². The highest BCUT2D eigenvalue weighted by Crippen LogP contribution is 2.31. The molecule has 104 valence electrons. The summed E-state index contributed by atoms with van der Waals surface area (Å²) in [5.74, 6) is -1.09. The maximum Gasteiger partial charge on any atom is 0.471 e. The number of hydrogen-bond acceptors (Lipinski definition) is 2. The highest BCUT2D eigenvalue weighted by Gasteiger charge is 2.44. The van der Waals surface area contributed by atoms with E-state index in [2.05, 4.69) is 0 Å². The van der Waals surface area contributed by atoms with Gasteiger partial charge >= 0.3 is 12.1 Å². The Bertz CT molecular complexity index is 456. The fraction of sp³-hybridized carbons (Fsp3) is 0.462. The molecule has 1 saturated heterocycles. The first-order valence-corrected chi connectivity index (χ1v) is 5.92. The van der Waals surface area contributed by atoms with Crippen molar-refractivity contribution >= 4 is 5.91 Å². The zero-order chi connectivity index (χ0) is 14.0. The summed E-state index contributed by atoms with van der Waals surface area (Å²) >= 11 is 0. The molecule has 0 spiro atoms. The van der Waals surface area contributed by atoms with Crippen molar-refractivity contribution in [2.24, 2.45) is 0 Å². The van der Waals surface area contributed by atoms with E-state index in [-0.39, 0.29) is 19.0 Å². The second kappa shape index (κ2) is 5.11. The number of carbonyl (C=O) groups excluding carboxylic acids is 1. The minimum atomic E-state index is -4.78. The predicted molar refractivity (Wildman–Crippen MR) is 63.0 cm³/mol. The Hall–Kier alpha value is -1.72. The summed E-state index contributed by atoms with van der Waals surface area (Å²) in [6.07, 6.45) is -4.23. The van der Waals surface area contributed by atoms with E-state index in [0.29, 0.717) is 12.2 Å². The molecule has 1 fully saturated rings. The molecule has 0 radical (unpaired) electrons. The molecule has 0 saturated carbocycles. The van der Waals surface area contributed by atoms with Crippen molar-refractivity contribution in [3.63, 3.8) is 0 Å². The Labute approximate surface area is 109 Å². The van der Waals surface area contributed by atoms with Crippen LogP contribution in [0.2, 0.25) is 0 Å². The standard InChI is InChI=1S/C13H14F3NO2/c1-19-11-4-2-9(3-5-11)10-6-7-17(8-10)12(18)13(14,15)16/h2-5,10H,6-8H2,1H3. The van der Waals surface area contributed by atoms with Crippen molar-refractivity contribution in [2.45, 2.75) is 18.5 Å². The number of alkyl halides is 3. The van der Waals surface area contributed by atoms with E-state index in [4.69, 9.17) is 4.74 Å². The number of amides is 1. The van der Waals surface area contributed by atoms with Crippen molar-refractivity contribution < 1.29 is 22.7 Å². The van der Waals surface area contributed by atoms with Crippen LogP contribution in [-0.2, 0) is 4.79 Å². The van der Waals surface area contributed by atoms with E-state index in [1.54, 1.807) is 19.2 Å². The molecule has 1 aromatic carbocycles. The predicted octanol–water partition coefficient (Wildman–Crippen LogP) is 2.57. The molecule has 0 aromatic heterocycles. The minimum Gasteiger partial charge on any atom is -0.497 e. The van der Waals surface area contributed by atoms with Crippen LogP contribution in [-0.4, -0.2) is 37.2 Å². The van der Waals surface area contributed by atoms with Crippen molar-refractivity contribution in [3.05, 3.63) is 29.8 Å². The van der Waals surface area contributed by atoms with Crippen LogP contribution >= 0.6 is 0 Å². The van der Waals surface area contributed by atoms with Crippen LogP contribution in [0.4, 0.5) is 13.2 Å². The third-order valence-corrected chi connectivity index (χ3v) is 3.31. The topological polar surface area (TPSA) is 29.5 Å². The molecule has 0 aliphatic carbocycles. The molecule has 1 amide bonds. The van der Waals surface area contributed by atoms with Gasteiger partial charge in [0.25, 0.3) is 0 Å². The highest BCUT2D eigenvalue weighted by molar-refractivity contribution is 5.82. The normalized spacial score (nSPS) is 19.6. The Morgan fingerprint density at radius 3 is 2.47 bits per heavy atom. The van der Waals surface area contributed by atoms with Gasteiger partial charge < -0.3 is 9.64 Å². The highest BCUT2D eigenvalue weighted by atomic mass is 19.4. The molecule has 0 N–H and O–H groups in total. The smallest absolute Gasteiger partial charge is 0.471 e. The summed E-state index contributed by atoms with van der Waals surface area (Å²) in [6, 6.07) is 7.18. The first kappa shape index (κ1) is 13.7. The summed E-state index contributed by atoms with van der Waals surface area (Å²) in [6.45, 7) is 0.264. The lowest BCUT2D eigenvalue weighted by Crippen LogP contribution is -2.39. The SMILES string of the molecule is COc1ccc(C2CCN(C(=O)C(F)(F)F)C2)cc1.